The van der Waals surface area contributed by atoms with Crippen LogP contribution in [-0.4, -0.2) is 42.9 Å². The maximum absolute atomic E-state index is 8.72. The lowest BCUT2D eigenvalue weighted by atomic mass is 10.2. The molecule has 0 spiro atoms. The Morgan fingerprint density at radius 3 is 2.57 bits per heavy atom. The molecule has 0 aliphatic heterocycles. The molecule has 21 heavy (non-hydrogen) atoms. The van der Waals surface area contributed by atoms with Gasteiger partial charge in [0, 0.05) is 18.5 Å². The van der Waals surface area contributed by atoms with Crippen LogP contribution in [0.4, 0.5) is 0 Å². The monoisotopic (exact) mass is 289 g/mol. The van der Waals surface area contributed by atoms with Crippen LogP contribution in [0.15, 0.2) is 24.3 Å². The van der Waals surface area contributed by atoms with Gasteiger partial charge in [-0.3, -0.25) is 4.90 Å². The van der Waals surface area contributed by atoms with Crippen molar-refractivity contribution in [3.63, 3.8) is 0 Å². The number of benzene rings is 1. The lowest BCUT2D eigenvalue weighted by Crippen LogP contribution is -2.30. The summed E-state index contributed by atoms with van der Waals surface area (Å²) in [6, 6.07) is 7.82. The number of aliphatic hydroxyl groups excluding tert-OH is 1. The quantitative estimate of drug-likeness (QED) is 0.710. The maximum atomic E-state index is 8.72. The van der Waals surface area contributed by atoms with Gasteiger partial charge < -0.3 is 9.84 Å². The molecule has 0 heterocycles. The van der Waals surface area contributed by atoms with E-state index >= 15 is 0 Å². The number of aliphatic hydroxyl groups is 1. The standard InChI is InChI=1S/C18H27NO2/c1-3-11-19(12-4-2)13-15-21-18-10-7-9-17(16-18)8-5-6-14-20/h7,9-10,16,20H,3-4,6,11-15H2,1-2H3. The molecule has 0 fully saturated rings. The summed E-state index contributed by atoms with van der Waals surface area (Å²) in [5.74, 6) is 6.81. The van der Waals surface area contributed by atoms with Gasteiger partial charge in [-0.25, -0.2) is 0 Å². The van der Waals surface area contributed by atoms with Gasteiger partial charge in [0.05, 0.1) is 6.61 Å². The van der Waals surface area contributed by atoms with E-state index in [9.17, 15) is 0 Å². The van der Waals surface area contributed by atoms with Gasteiger partial charge >= 0.3 is 0 Å². The fourth-order valence-electron chi connectivity index (χ4n) is 2.14. The number of hydrogen-bond donors (Lipinski definition) is 1. The second kappa shape index (κ2) is 11.2. The third-order valence-corrected chi connectivity index (χ3v) is 3.06. The molecule has 0 bridgehead atoms. The summed E-state index contributed by atoms with van der Waals surface area (Å²) >= 11 is 0. The summed E-state index contributed by atoms with van der Waals surface area (Å²) in [5.41, 5.74) is 0.930. The van der Waals surface area contributed by atoms with Crippen LogP contribution in [0.1, 0.15) is 38.7 Å². The number of ether oxygens (including phenoxy) is 1. The highest BCUT2D eigenvalue weighted by atomic mass is 16.5. The van der Waals surface area contributed by atoms with Crippen molar-refractivity contribution in [2.45, 2.75) is 33.1 Å². The first-order valence-electron chi connectivity index (χ1n) is 7.85. The van der Waals surface area contributed by atoms with E-state index in [4.69, 9.17) is 9.84 Å². The minimum atomic E-state index is 0.105. The third kappa shape index (κ3) is 7.75. The second-order valence-electron chi connectivity index (χ2n) is 4.99. The first kappa shape index (κ1) is 17.6. The maximum Gasteiger partial charge on any atom is 0.120 e. The Hall–Kier alpha value is -1.50. The minimum absolute atomic E-state index is 0.105. The molecule has 0 radical (unpaired) electrons. The third-order valence-electron chi connectivity index (χ3n) is 3.06. The fourth-order valence-corrected chi connectivity index (χ4v) is 2.14. The average molecular weight is 289 g/mol. The first-order valence-corrected chi connectivity index (χ1v) is 7.85. The molecule has 116 valence electrons. The Bertz CT molecular complexity index is 442. The van der Waals surface area contributed by atoms with Gasteiger partial charge in [-0.1, -0.05) is 31.8 Å². The summed E-state index contributed by atoms with van der Waals surface area (Å²) < 4.78 is 5.82. The molecule has 1 aromatic carbocycles. The van der Waals surface area contributed by atoms with Crippen LogP contribution in [0.3, 0.4) is 0 Å². The molecule has 0 unspecified atom stereocenters. The normalized spacial score (nSPS) is 10.3. The van der Waals surface area contributed by atoms with Crippen LogP contribution in [0.2, 0.25) is 0 Å². The number of hydrogen-bond acceptors (Lipinski definition) is 3. The molecular weight excluding hydrogens is 262 g/mol. The zero-order valence-electron chi connectivity index (χ0n) is 13.3. The van der Waals surface area contributed by atoms with Crippen molar-refractivity contribution >= 4 is 0 Å². The van der Waals surface area contributed by atoms with Crippen LogP contribution in [0.5, 0.6) is 5.75 Å². The predicted octanol–water partition coefficient (Wildman–Crippen LogP) is 2.92. The van der Waals surface area contributed by atoms with Gasteiger partial charge in [-0.2, -0.15) is 0 Å². The van der Waals surface area contributed by atoms with E-state index in [0.29, 0.717) is 13.0 Å². The predicted molar refractivity (Wildman–Crippen MR) is 87.5 cm³/mol. The number of rotatable bonds is 9. The Labute approximate surface area is 128 Å². The lowest BCUT2D eigenvalue weighted by molar-refractivity contribution is 0.209. The number of nitrogens with zero attached hydrogens (tertiary/aromatic N) is 1. The first-order chi connectivity index (χ1) is 10.3. The van der Waals surface area contributed by atoms with E-state index in [0.717, 1.165) is 30.9 Å². The van der Waals surface area contributed by atoms with Crippen LogP contribution in [-0.2, 0) is 0 Å². The van der Waals surface area contributed by atoms with Crippen molar-refractivity contribution in [1.29, 1.82) is 0 Å². The van der Waals surface area contributed by atoms with E-state index in [1.165, 1.54) is 12.8 Å². The molecule has 1 rings (SSSR count). The summed E-state index contributed by atoms with van der Waals surface area (Å²) in [6.45, 7) is 8.44. The van der Waals surface area contributed by atoms with Crippen LogP contribution >= 0.6 is 0 Å². The second-order valence-corrected chi connectivity index (χ2v) is 4.99. The van der Waals surface area contributed by atoms with E-state index in [1.807, 2.05) is 24.3 Å². The van der Waals surface area contributed by atoms with Crippen molar-refractivity contribution in [1.82, 2.24) is 4.90 Å². The molecule has 3 nitrogen and oxygen atoms in total. The van der Waals surface area contributed by atoms with Gasteiger partial charge in [0.1, 0.15) is 12.4 Å². The van der Waals surface area contributed by atoms with Crippen LogP contribution in [0.25, 0.3) is 0 Å². The summed E-state index contributed by atoms with van der Waals surface area (Å²) in [6.07, 6.45) is 2.86. The largest absolute Gasteiger partial charge is 0.492 e. The Morgan fingerprint density at radius 2 is 1.90 bits per heavy atom. The molecule has 0 aliphatic rings. The highest BCUT2D eigenvalue weighted by Gasteiger charge is 2.02. The molecular formula is C18H27NO2. The van der Waals surface area contributed by atoms with Gasteiger partial charge in [-0.05, 0) is 44.1 Å². The van der Waals surface area contributed by atoms with Gasteiger partial charge in [0.2, 0.25) is 0 Å². The van der Waals surface area contributed by atoms with Crippen LogP contribution < -0.4 is 4.74 Å². The Morgan fingerprint density at radius 1 is 1.14 bits per heavy atom. The fraction of sp³-hybridized carbons (Fsp3) is 0.556. The van der Waals surface area contributed by atoms with Crippen molar-refractivity contribution in [3.8, 4) is 17.6 Å². The summed E-state index contributed by atoms with van der Waals surface area (Å²) in [5, 5.41) is 8.72. The zero-order chi connectivity index (χ0) is 15.3. The molecule has 3 heteroatoms. The van der Waals surface area contributed by atoms with Crippen molar-refractivity contribution in [3.05, 3.63) is 29.8 Å². The van der Waals surface area contributed by atoms with Crippen LogP contribution in [0, 0.1) is 11.8 Å². The molecule has 0 saturated heterocycles. The molecule has 1 aromatic rings. The van der Waals surface area contributed by atoms with Gasteiger partial charge in [0.15, 0.2) is 0 Å². The lowest BCUT2D eigenvalue weighted by Gasteiger charge is -2.20. The highest BCUT2D eigenvalue weighted by molar-refractivity contribution is 5.39. The molecule has 0 saturated carbocycles. The van der Waals surface area contributed by atoms with E-state index in [1.54, 1.807) is 0 Å². The average Bonchev–Trinajstić information content (AvgIpc) is 2.48. The SMILES string of the molecule is CCCN(CCC)CCOc1cccc(C#CCCO)c1. The Kier molecular flexibility index (Phi) is 9.35. The zero-order valence-corrected chi connectivity index (χ0v) is 13.3. The van der Waals surface area contributed by atoms with E-state index in [2.05, 4.69) is 30.6 Å². The molecule has 0 amide bonds. The van der Waals surface area contributed by atoms with Crippen molar-refractivity contribution in [2.75, 3.05) is 32.8 Å². The summed E-state index contributed by atoms with van der Waals surface area (Å²) in [7, 11) is 0. The summed E-state index contributed by atoms with van der Waals surface area (Å²) in [4.78, 5) is 2.44. The van der Waals surface area contributed by atoms with E-state index in [-0.39, 0.29) is 6.61 Å². The molecule has 1 N–H and O–H groups in total. The molecule has 0 aliphatic carbocycles. The molecule has 0 aromatic heterocycles. The smallest absolute Gasteiger partial charge is 0.120 e. The van der Waals surface area contributed by atoms with Gasteiger partial charge in [-0.15, -0.1) is 0 Å². The Balaban J connectivity index is 2.44. The van der Waals surface area contributed by atoms with Crippen molar-refractivity contribution < 1.29 is 9.84 Å². The minimum Gasteiger partial charge on any atom is -0.492 e. The van der Waals surface area contributed by atoms with Gasteiger partial charge in [0.25, 0.3) is 0 Å². The topological polar surface area (TPSA) is 32.7 Å². The van der Waals surface area contributed by atoms with Crippen molar-refractivity contribution in [2.24, 2.45) is 0 Å². The molecule has 0 atom stereocenters. The highest BCUT2D eigenvalue weighted by Crippen LogP contribution is 2.12. The van der Waals surface area contributed by atoms with E-state index < -0.39 is 0 Å².